The molecule has 0 radical (unpaired) electrons. The van der Waals surface area contributed by atoms with Crippen LogP contribution in [0, 0.1) is 0 Å². The number of hydrogen-bond donors (Lipinski definition) is 1. The third kappa shape index (κ3) is 5.33. The van der Waals surface area contributed by atoms with Gasteiger partial charge >= 0.3 is 0 Å². The molecule has 3 rings (SSSR count). The molecule has 0 aliphatic heterocycles. The van der Waals surface area contributed by atoms with Gasteiger partial charge in [-0.05, 0) is 25.1 Å². The van der Waals surface area contributed by atoms with Crippen molar-refractivity contribution < 1.29 is 8.42 Å². The lowest BCUT2D eigenvalue weighted by Crippen LogP contribution is -2.21. The van der Waals surface area contributed by atoms with E-state index in [4.69, 9.17) is 0 Å². The van der Waals surface area contributed by atoms with Gasteiger partial charge in [0, 0.05) is 18.8 Å². The SMILES string of the molecule is CCCc1cc(CN(C)Cc2cnc(S(=O)(=O)CC)n2Cc2ccccc2)[nH]n1. The molecule has 0 aliphatic carbocycles. The van der Waals surface area contributed by atoms with Crippen LogP contribution < -0.4 is 0 Å². The molecule has 7 nitrogen and oxygen atoms in total. The van der Waals surface area contributed by atoms with E-state index in [-0.39, 0.29) is 10.9 Å². The number of imidazole rings is 1. The van der Waals surface area contributed by atoms with Gasteiger partial charge in [-0.2, -0.15) is 5.10 Å². The number of nitrogens with one attached hydrogen (secondary N) is 1. The van der Waals surface area contributed by atoms with E-state index in [0.717, 1.165) is 35.5 Å². The number of sulfone groups is 1. The van der Waals surface area contributed by atoms with Crippen LogP contribution in [0.4, 0.5) is 0 Å². The second-order valence-electron chi connectivity index (χ2n) is 7.31. The number of rotatable bonds is 10. The zero-order chi connectivity index (χ0) is 20.9. The van der Waals surface area contributed by atoms with Gasteiger partial charge < -0.3 is 4.57 Å². The minimum Gasteiger partial charge on any atom is -0.313 e. The van der Waals surface area contributed by atoms with Crippen LogP contribution in [0.1, 0.15) is 42.9 Å². The highest BCUT2D eigenvalue weighted by molar-refractivity contribution is 7.91. The van der Waals surface area contributed by atoms with Crippen molar-refractivity contribution in [3.63, 3.8) is 0 Å². The molecule has 0 saturated heterocycles. The summed E-state index contributed by atoms with van der Waals surface area (Å²) in [7, 11) is -1.40. The first-order chi connectivity index (χ1) is 13.9. The molecule has 0 aliphatic rings. The Morgan fingerprint density at radius 1 is 1.14 bits per heavy atom. The first-order valence-electron chi connectivity index (χ1n) is 9.95. The van der Waals surface area contributed by atoms with E-state index in [1.54, 1.807) is 13.1 Å². The van der Waals surface area contributed by atoms with Crippen LogP contribution in [0.2, 0.25) is 0 Å². The molecule has 0 spiro atoms. The normalized spacial score (nSPS) is 12.0. The van der Waals surface area contributed by atoms with Gasteiger partial charge in [0.05, 0.1) is 29.9 Å². The van der Waals surface area contributed by atoms with Crippen LogP contribution in [-0.2, 0) is 35.9 Å². The van der Waals surface area contributed by atoms with Crippen LogP contribution in [0.3, 0.4) is 0 Å². The fourth-order valence-electron chi connectivity index (χ4n) is 3.33. The van der Waals surface area contributed by atoms with Gasteiger partial charge in [-0.25, -0.2) is 13.4 Å². The van der Waals surface area contributed by atoms with E-state index < -0.39 is 9.84 Å². The van der Waals surface area contributed by atoms with Crippen molar-refractivity contribution >= 4 is 9.84 Å². The summed E-state index contributed by atoms with van der Waals surface area (Å²) >= 11 is 0. The van der Waals surface area contributed by atoms with Gasteiger partial charge in [-0.1, -0.05) is 50.6 Å². The van der Waals surface area contributed by atoms with Gasteiger partial charge in [0.2, 0.25) is 15.0 Å². The Morgan fingerprint density at radius 3 is 2.59 bits per heavy atom. The lowest BCUT2D eigenvalue weighted by Gasteiger charge is -2.18. The first-order valence-corrected chi connectivity index (χ1v) is 11.6. The Bertz CT molecular complexity index is 1020. The molecule has 0 amide bonds. The fraction of sp³-hybridized carbons (Fsp3) is 0.429. The molecule has 3 aromatic rings. The van der Waals surface area contributed by atoms with Crippen molar-refractivity contribution in [1.82, 2.24) is 24.6 Å². The molecule has 29 heavy (non-hydrogen) atoms. The zero-order valence-corrected chi connectivity index (χ0v) is 18.1. The highest BCUT2D eigenvalue weighted by Crippen LogP contribution is 2.18. The molecule has 0 atom stereocenters. The Hall–Kier alpha value is -2.45. The summed E-state index contributed by atoms with van der Waals surface area (Å²) in [5.41, 5.74) is 4.03. The van der Waals surface area contributed by atoms with Crippen molar-refractivity contribution in [3.05, 3.63) is 65.2 Å². The van der Waals surface area contributed by atoms with Crippen LogP contribution in [0.5, 0.6) is 0 Å². The van der Waals surface area contributed by atoms with E-state index in [0.29, 0.717) is 19.6 Å². The largest absolute Gasteiger partial charge is 0.313 e. The van der Waals surface area contributed by atoms with E-state index in [9.17, 15) is 8.42 Å². The van der Waals surface area contributed by atoms with Crippen LogP contribution in [-0.4, -0.2) is 45.9 Å². The van der Waals surface area contributed by atoms with E-state index in [1.165, 1.54) is 0 Å². The smallest absolute Gasteiger partial charge is 0.228 e. The minimum absolute atomic E-state index is 0.0302. The fourth-order valence-corrected chi connectivity index (χ4v) is 4.32. The van der Waals surface area contributed by atoms with Gasteiger partial charge in [0.1, 0.15) is 0 Å². The monoisotopic (exact) mass is 415 g/mol. The van der Waals surface area contributed by atoms with Gasteiger partial charge in [0.25, 0.3) is 0 Å². The summed E-state index contributed by atoms with van der Waals surface area (Å²) in [6.45, 7) is 5.54. The average molecular weight is 416 g/mol. The van der Waals surface area contributed by atoms with Crippen molar-refractivity contribution in [2.24, 2.45) is 0 Å². The summed E-state index contributed by atoms with van der Waals surface area (Å²) in [5, 5.41) is 7.57. The molecule has 1 aromatic carbocycles. The molecular formula is C21H29N5O2S. The number of benzene rings is 1. The summed E-state index contributed by atoms with van der Waals surface area (Å²) in [5.74, 6) is 0.0302. The Balaban J connectivity index is 1.82. The molecule has 2 heterocycles. The maximum absolute atomic E-state index is 12.6. The Morgan fingerprint density at radius 2 is 1.90 bits per heavy atom. The van der Waals surface area contributed by atoms with Crippen molar-refractivity contribution in [3.8, 4) is 0 Å². The molecule has 0 unspecified atom stereocenters. The number of hydrogen-bond acceptors (Lipinski definition) is 5. The van der Waals surface area contributed by atoms with Gasteiger partial charge in [0.15, 0.2) is 0 Å². The topological polar surface area (TPSA) is 83.9 Å². The second kappa shape index (κ2) is 9.37. The highest BCUT2D eigenvalue weighted by Gasteiger charge is 2.22. The predicted octanol–water partition coefficient (Wildman–Crippen LogP) is 3.03. The third-order valence-electron chi connectivity index (χ3n) is 4.81. The van der Waals surface area contributed by atoms with Crippen LogP contribution in [0.15, 0.2) is 47.8 Å². The number of aryl methyl sites for hydroxylation is 1. The molecule has 1 N–H and O–H groups in total. The first kappa shape index (κ1) is 21.3. The molecule has 0 fully saturated rings. The average Bonchev–Trinajstić information content (AvgIpc) is 3.30. The van der Waals surface area contributed by atoms with Crippen molar-refractivity contribution in [1.29, 1.82) is 0 Å². The highest BCUT2D eigenvalue weighted by atomic mass is 32.2. The lowest BCUT2D eigenvalue weighted by molar-refractivity contribution is 0.305. The van der Waals surface area contributed by atoms with Crippen LogP contribution in [0.25, 0.3) is 0 Å². The van der Waals surface area contributed by atoms with Crippen LogP contribution >= 0.6 is 0 Å². The van der Waals surface area contributed by atoms with E-state index in [2.05, 4.69) is 33.1 Å². The standard InChI is InChI=1S/C21H29N5O2S/c1-4-9-18-12-19(24-23-18)15-25(3)16-20-13-22-21(29(27,28)5-2)26(20)14-17-10-7-6-8-11-17/h6-8,10-13H,4-5,9,14-16H2,1-3H3,(H,23,24). The van der Waals surface area contributed by atoms with Crippen molar-refractivity contribution in [2.75, 3.05) is 12.8 Å². The minimum atomic E-state index is -3.41. The summed E-state index contributed by atoms with van der Waals surface area (Å²) in [4.78, 5) is 6.40. The maximum atomic E-state index is 12.6. The lowest BCUT2D eigenvalue weighted by atomic mass is 10.2. The number of aromatic amines is 1. The predicted molar refractivity (Wildman–Crippen MR) is 113 cm³/mol. The van der Waals surface area contributed by atoms with E-state index >= 15 is 0 Å². The molecule has 0 saturated carbocycles. The maximum Gasteiger partial charge on any atom is 0.228 e. The van der Waals surface area contributed by atoms with Crippen molar-refractivity contribution in [2.45, 2.75) is 51.5 Å². The Labute approximate surface area is 172 Å². The zero-order valence-electron chi connectivity index (χ0n) is 17.3. The number of aromatic nitrogens is 4. The van der Waals surface area contributed by atoms with Gasteiger partial charge in [-0.15, -0.1) is 0 Å². The third-order valence-corrected chi connectivity index (χ3v) is 6.45. The Kier molecular flexibility index (Phi) is 6.87. The van der Waals surface area contributed by atoms with E-state index in [1.807, 2.05) is 41.9 Å². The quantitative estimate of drug-likeness (QED) is 0.550. The molecule has 2 aromatic heterocycles. The van der Waals surface area contributed by atoms with Gasteiger partial charge in [-0.3, -0.25) is 10.00 Å². The summed E-state index contributed by atoms with van der Waals surface area (Å²) in [6.07, 6.45) is 3.70. The number of nitrogens with zero attached hydrogens (tertiary/aromatic N) is 4. The second-order valence-corrected chi connectivity index (χ2v) is 9.49. The molecule has 8 heteroatoms. The summed E-state index contributed by atoms with van der Waals surface area (Å²) < 4.78 is 26.9. The molecule has 0 bridgehead atoms. The summed E-state index contributed by atoms with van der Waals surface area (Å²) in [6, 6.07) is 11.9. The molecule has 156 valence electrons. The molecular weight excluding hydrogens is 386 g/mol. The number of H-pyrrole nitrogens is 1.